The number of carbonyl (C=O) groups excluding carboxylic acids is 1. The molecule has 0 saturated carbocycles. The lowest BCUT2D eigenvalue weighted by molar-refractivity contribution is -0.144. The standard InChI is InChI=1S/C44H42ClF3N6O9S/c1-43(2,3)40(51-31-29(35(57)37(31)59)49-27-17-11-16-25(33(27)55)42(61)53(4)5)24-15-10-12-22(20-24)21-54(6)64(62,63)39-26(45)18-19-28(34(39)56)50-30-32(38(60)36(30)58)52-41(44(46,47)48)23-13-8-7-9-14-23/h7-20,40-41,49-52,55-56H,21H2,1-6H3. The van der Waals surface area contributed by atoms with E-state index in [1.807, 2.05) is 20.8 Å². The number of phenolic OH excluding ortho intramolecular Hbond substituents is 2. The Hall–Kier alpha value is -6.70. The summed E-state index contributed by atoms with van der Waals surface area (Å²) < 4.78 is 71.3. The van der Waals surface area contributed by atoms with Crippen LogP contribution in [0.3, 0.4) is 0 Å². The van der Waals surface area contributed by atoms with Crippen molar-refractivity contribution in [1.29, 1.82) is 0 Å². The molecule has 6 aromatic rings. The third kappa shape index (κ3) is 9.04. The molecule has 0 aliphatic rings. The van der Waals surface area contributed by atoms with Gasteiger partial charge in [-0.1, -0.05) is 93.0 Å². The van der Waals surface area contributed by atoms with Gasteiger partial charge in [0, 0.05) is 27.7 Å². The molecule has 0 radical (unpaired) electrons. The SMILES string of the molecule is CN(C)C(=O)c1cccc(Nc2c(NC(c3cccc(CN(C)S(=O)(=O)c4c(Cl)ccc(Nc5c(NC(c6ccccc6)C(F)(F)F)c(=O)c5=O)c4O)c3)C(C)(C)C)c(=O)c2=O)c1O. The summed E-state index contributed by atoms with van der Waals surface area (Å²) in [4.78, 5) is 64.0. The van der Waals surface area contributed by atoms with E-state index in [1.165, 1.54) is 74.6 Å². The van der Waals surface area contributed by atoms with Crippen LogP contribution in [0.25, 0.3) is 0 Å². The van der Waals surface area contributed by atoms with Crippen molar-refractivity contribution in [2.24, 2.45) is 5.41 Å². The Morgan fingerprint density at radius 2 is 1.20 bits per heavy atom. The van der Waals surface area contributed by atoms with Gasteiger partial charge in [-0.05, 0) is 46.4 Å². The number of para-hydroxylation sites is 1. The molecule has 64 heavy (non-hydrogen) atoms. The monoisotopic (exact) mass is 922 g/mol. The van der Waals surface area contributed by atoms with Gasteiger partial charge >= 0.3 is 6.18 Å². The molecule has 0 saturated heterocycles. The second kappa shape index (κ2) is 17.5. The second-order valence-corrected chi connectivity index (χ2v) is 18.6. The van der Waals surface area contributed by atoms with Gasteiger partial charge in [0.15, 0.2) is 11.5 Å². The molecule has 2 atom stereocenters. The highest BCUT2D eigenvalue weighted by Crippen LogP contribution is 2.43. The summed E-state index contributed by atoms with van der Waals surface area (Å²) in [5.41, 5.74) is -6.13. The number of nitrogens with zero attached hydrogens (tertiary/aromatic N) is 2. The molecule has 0 bridgehead atoms. The Morgan fingerprint density at radius 1 is 0.688 bits per heavy atom. The number of phenols is 2. The number of sulfonamides is 1. The number of amides is 1. The number of hydrogen-bond acceptors (Lipinski definition) is 13. The lowest BCUT2D eigenvalue weighted by Crippen LogP contribution is -2.40. The van der Waals surface area contributed by atoms with Crippen molar-refractivity contribution in [1.82, 2.24) is 9.21 Å². The van der Waals surface area contributed by atoms with Gasteiger partial charge in [-0.25, -0.2) is 8.42 Å². The maximum Gasteiger partial charge on any atom is 0.412 e. The van der Waals surface area contributed by atoms with Crippen LogP contribution in [0.4, 0.5) is 47.3 Å². The number of hydrogen-bond donors (Lipinski definition) is 6. The van der Waals surface area contributed by atoms with Gasteiger partial charge in [-0.2, -0.15) is 17.5 Å². The molecular weight excluding hydrogens is 881 g/mol. The third-order valence-corrected chi connectivity index (χ3v) is 12.7. The molecular formula is C44H42ClF3N6O9S. The number of halogens is 4. The molecule has 2 unspecified atom stereocenters. The van der Waals surface area contributed by atoms with Crippen LogP contribution in [-0.4, -0.2) is 61.1 Å². The van der Waals surface area contributed by atoms with E-state index in [0.717, 1.165) is 16.4 Å². The molecule has 0 aromatic heterocycles. The van der Waals surface area contributed by atoms with Crippen molar-refractivity contribution in [3.63, 3.8) is 0 Å². The van der Waals surface area contributed by atoms with E-state index in [1.54, 1.807) is 24.3 Å². The Balaban J connectivity index is 1.25. The molecule has 0 aliphatic carbocycles. The summed E-state index contributed by atoms with van der Waals surface area (Å²) in [5.74, 6) is -1.90. The van der Waals surface area contributed by atoms with Crippen LogP contribution in [-0.2, 0) is 16.6 Å². The first-order valence-electron chi connectivity index (χ1n) is 19.3. The average Bonchev–Trinajstić information content (AvgIpc) is 3.23. The summed E-state index contributed by atoms with van der Waals surface area (Å²) in [6.07, 6.45) is -4.90. The Morgan fingerprint density at radius 3 is 1.75 bits per heavy atom. The van der Waals surface area contributed by atoms with Gasteiger partial charge in [0.25, 0.3) is 27.6 Å². The zero-order chi connectivity index (χ0) is 47.2. The van der Waals surface area contributed by atoms with Gasteiger partial charge in [0.2, 0.25) is 10.0 Å². The Labute approximate surface area is 369 Å². The largest absolute Gasteiger partial charge is 0.505 e. The van der Waals surface area contributed by atoms with Gasteiger partial charge < -0.3 is 36.4 Å². The maximum atomic E-state index is 14.1. The van der Waals surface area contributed by atoms with Crippen LogP contribution >= 0.6 is 11.6 Å². The Kier molecular flexibility index (Phi) is 12.8. The van der Waals surface area contributed by atoms with E-state index in [4.69, 9.17) is 11.6 Å². The van der Waals surface area contributed by atoms with Crippen molar-refractivity contribution in [2.75, 3.05) is 42.4 Å². The highest BCUT2D eigenvalue weighted by Gasteiger charge is 2.43. The third-order valence-electron chi connectivity index (χ3n) is 10.4. The average molecular weight is 923 g/mol. The zero-order valence-corrected chi connectivity index (χ0v) is 36.6. The lowest BCUT2D eigenvalue weighted by Gasteiger charge is -2.34. The highest BCUT2D eigenvalue weighted by atomic mass is 35.5. The fourth-order valence-corrected chi connectivity index (χ4v) is 8.72. The summed E-state index contributed by atoms with van der Waals surface area (Å²) in [6.45, 7) is 5.28. The number of alkyl halides is 3. The molecule has 20 heteroatoms. The van der Waals surface area contributed by atoms with Crippen LogP contribution in [0.1, 0.15) is 59.9 Å². The molecule has 6 N–H and O–H groups in total. The molecule has 0 aliphatic heterocycles. The first-order chi connectivity index (χ1) is 29.8. The van der Waals surface area contributed by atoms with E-state index in [0.29, 0.717) is 11.1 Å². The topological polar surface area (TPSA) is 215 Å². The van der Waals surface area contributed by atoms with Crippen molar-refractivity contribution in [3.8, 4) is 11.5 Å². The minimum atomic E-state index is -4.90. The lowest BCUT2D eigenvalue weighted by atomic mass is 9.81. The predicted molar refractivity (Wildman–Crippen MR) is 238 cm³/mol. The summed E-state index contributed by atoms with van der Waals surface area (Å²) in [6, 6.07) is 16.7. The maximum absolute atomic E-state index is 14.1. The number of carbonyl (C=O) groups is 1. The molecule has 336 valence electrons. The zero-order valence-electron chi connectivity index (χ0n) is 35.0. The van der Waals surface area contributed by atoms with Gasteiger partial charge in [-0.3, -0.25) is 24.0 Å². The first kappa shape index (κ1) is 46.8. The quantitative estimate of drug-likeness (QED) is 0.0459. The summed E-state index contributed by atoms with van der Waals surface area (Å²) >= 11 is 6.33. The molecule has 0 heterocycles. The van der Waals surface area contributed by atoms with Crippen LogP contribution < -0.4 is 43.0 Å². The number of nitrogens with one attached hydrogen (secondary N) is 4. The second-order valence-electron chi connectivity index (χ2n) is 16.2. The van der Waals surface area contributed by atoms with Crippen molar-refractivity contribution < 1.29 is 36.6 Å². The van der Waals surface area contributed by atoms with Gasteiger partial charge in [0.05, 0.1) is 28.0 Å². The van der Waals surface area contributed by atoms with E-state index < -0.39 is 99.8 Å². The summed E-state index contributed by atoms with van der Waals surface area (Å²) in [7, 11) is -0.461. The van der Waals surface area contributed by atoms with Gasteiger partial charge in [0.1, 0.15) is 33.7 Å². The molecule has 0 fully saturated rings. The number of anilines is 6. The van der Waals surface area contributed by atoms with Gasteiger partial charge in [-0.15, -0.1) is 0 Å². The Bertz CT molecular complexity index is 3030. The molecule has 1 amide bonds. The van der Waals surface area contributed by atoms with Crippen LogP contribution in [0.5, 0.6) is 11.5 Å². The van der Waals surface area contributed by atoms with E-state index in [9.17, 15) is 55.8 Å². The van der Waals surface area contributed by atoms with E-state index >= 15 is 0 Å². The van der Waals surface area contributed by atoms with Crippen molar-refractivity contribution in [2.45, 2.75) is 50.5 Å². The molecule has 6 rings (SSSR count). The van der Waals surface area contributed by atoms with Crippen LogP contribution in [0, 0.1) is 5.41 Å². The summed E-state index contributed by atoms with van der Waals surface area (Å²) in [5, 5.41) is 32.1. The van der Waals surface area contributed by atoms with Crippen LogP contribution in [0.2, 0.25) is 5.02 Å². The molecule has 0 spiro atoms. The smallest absolute Gasteiger partial charge is 0.412 e. The first-order valence-corrected chi connectivity index (χ1v) is 21.1. The fraction of sp³-hybridized carbons (Fsp3) is 0.250. The highest BCUT2D eigenvalue weighted by molar-refractivity contribution is 7.89. The van der Waals surface area contributed by atoms with E-state index in [2.05, 4.69) is 21.3 Å². The molecule has 6 aromatic carbocycles. The number of benzene rings is 4. The van der Waals surface area contributed by atoms with E-state index in [-0.39, 0.29) is 34.7 Å². The fourth-order valence-electron chi connectivity index (χ4n) is 6.97. The minimum Gasteiger partial charge on any atom is -0.505 e. The van der Waals surface area contributed by atoms with Crippen molar-refractivity contribution in [3.05, 3.63) is 153 Å². The predicted octanol–water partition coefficient (Wildman–Crippen LogP) is 6.87. The normalized spacial score (nSPS) is 13.2. The molecule has 15 nitrogen and oxygen atoms in total. The minimum absolute atomic E-state index is 0.0113. The number of aromatic hydroxyl groups is 2. The number of rotatable bonds is 15. The van der Waals surface area contributed by atoms with Crippen LogP contribution in [0.15, 0.2) is 109 Å². The van der Waals surface area contributed by atoms with Crippen molar-refractivity contribution >= 4 is 61.7 Å².